The molecule has 3 aromatic rings. The molecule has 3 N–H and O–H groups in total. The van der Waals surface area contributed by atoms with Crippen molar-refractivity contribution in [3.05, 3.63) is 54.4 Å². The number of benzene rings is 1. The Hall–Kier alpha value is -3.11. The maximum atomic E-state index is 12.3. The Morgan fingerprint density at radius 1 is 1.28 bits per heavy atom. The number of aromatic nitrogens is 2. The first-order valence-corrected chi connectivity index (χ1v) is 10.3. The number of urea groups is 1. The number of carbonyl (C=O) groups excluding carboxylic acids is 1. The smallest absolute Gasteiger partial charge is 0.329 e. The van der Waals surface area contributed by atoms with Crippen LogP contribution in [0.2, 0.25) is 0 Å². The van der Waals surface area contributed by atoms with Gasteiger partial charge in [0.15, 0.2) is 0 Å². The molecule has 2 aromatic heterocycles. The van der Waals surface area contributed by atoms with E-state index in [-0.39, 0.29) is 6.04 Å². The highest BCUT2D eigenvalue weighted by Gasteiger charge is 2.29. The van der Waals surface area contributed by atoms with Crippen LogP contribution in [0, 0.1) is 5.92 Å². The van der Waals surface area contributed by atoms with Gasteiger partial charge in [0.05, 0.1) is 25.0 Å². The quantitative estimate of drug-likeness (QED) is 0.460. The maximum absolute atomic E-state index is 12.3. The van der Waals surface area contributed by atoms with Gasteiger partial charge in [-0.25, -0.2) is 9.78 Å². The molecule has 1 aliphatic carbocycles. The lowest BCUT2D eigenvalue weighted by molar-refractivity contribution is -0.122. The van der Waals surface area contributed by atoms with Crippen LogP contribution >= 0.6 is 0 Å². The van der Waals surface area contributed by atoms with Crippen LogP contribution in [0.1, 0.15) is 30.9 Å². The minimum Gasteiger partial charge on any atom is -0.329 e. The Bertz CT molecular complexity index is 1090. The predicted molar refractivity (Wildman–Crippen MR) is 114 cm³/mol. The number of hydroxylamine groups is 1. The highest BCUT2D eigenvalue weighted by molar-refractivity contribution is 5.90. The van der Waals surface area contributed by atoms with Gasteiger partial charge >= 0.3 is 12.2 Å². The molecular formula is C22H24F3N5O2. The summed E-state index contributed by atoms with van der Waals surface area (Å²) in [5.41, 5.74) is 6.90. The zero-order valence-corrected chi connectivity index (χ0v) is 17.4. The molecule has 0 radical (unpaired) electrons. The Labute approximate surface area is 182 Å². The summed E-state index contributed by atoms with van der Waals surface area (Å²) in [5.74, 6) is 0.526. The van der Waals surface area contributed by atoms with Gasteiger partial charge in [-0.3, -0.25) is 4.40 Å². The number of nitrogens with zero attached hydrogens (tertiary/aromatic N) is 2. The van der Waals surface area contributed by atoms with E-state index in [1.807, 2.05) is 28.8 Å². The summed E-state index contributed by atoms with van der Waals surface area (Å²) in [6.45, 7) is -1.39. The Morgan fingerprint density at radius 2 is 2.09 bits per heavy atom. The number of alkyl halides is 3. The molecule has 170 valence electrons. The molecule has 10 heteroatoms. The van der Waals surface area contributed by atoms with Crippen LogP contribution in [0.3, 0.4) is 0 Å². The largest absolute Gasteiger partial charge is 0.405 e. The monoisotopic (exact) mass is 447 g/mol. The molecule has 4 rings (SSSR count). The molecule has 0 saturated heterocycles. The van der Waals surface area contributed by atoms with E-state index in [1.54, 1.807) is 36.8 Å². The number of carbonyl (C=O) groups is 1. The van der Waals surface area contributed by atoms with E-state index in [2.05, 4.69) is 15.8 Å². The number of nitrogens with one attached hydrogen (secondary N) is 3. The van der Waals surface area contributed by atoms with Crippen molar-refractivity contribution < 1.29 is 22.8 Å². The second kappa shape index (κ2) is 9.17. The first-order chi connectivity index (χ1) is 15.3. The zero-order chi connectivity index (χ0) is 22.7. The first kappa shape index (κ1) is 22.1. The van der Waals surface area contributed by atoms with Crippen LogP contribution in [-0.4, -0.2) is 35.2 Å². The van der Waals surface area contributed by atoms with Crippen molar-refractivity contribution in [2.24, 2.45) is 5.92 Å². The third-order valence-electron chi connectivity index (χ3n) is 5.63. The molecule has 0 aliphatic heterocycles. The molecule has 1 unspecified atom stereocenters. The number of anilines is 1. The van der Waals surface area contributed by atoms with Crippen molar-refractivity contribution in [2.45, 2.75) is 31.5 Å². The first-order valence-electron chi connectivity index (χ1n) is 10.3. The third-order valence-corrected chi connectivity index (χ3v) is 5.63. The fourth-order valence-electron chi connectivity index (χ4n) is 3.85. The second-order valence-electron chi connectivity index (χ2n) is 7.83. The summed E-state index contributed by atoms with van der Waals surface area (Å²) >= 11 is 0. The summed E-state index contributed by atoms with van der Waals surface area (Å²) in [6, 6.07) is 10.1. The highest BCUT2D eigenvalue weighted by atomic mass is 19.4. The van der Waals surface area contributed by atoms with Crippen molar-refractivity contribution in [1.29, 1.82) is 0 Å². The molecule has 32 heavy (non-hydrogen) atoms. The van der Waals surface area contributed by atoms with Crippen LogP contribution in [0.5, 0.6) is 0 Å². The average molecular weight is 447 g/mol. The molecule has 0 spiro atoms. The number of hydrogen-bond donors (Lipinski definition) is 3. The fraction of sp³-hybridized carbons (Fsp3) is 0.364. The number of hydrogen-bond acceptors (Lipinski definition) is 4. The fourth-order valence-corrected chi connectivity index (χ4v) is 3.85. The molecule has 1 aliphatic rings. The second-order valence-corrected chi connectivity index (χ2v) is 7.83. The van der Waals surface area contributed by atoms with Gasteiger partial charge in [-0.05, 0) is 48.6 Å². The summed E-state index contributed by atoms with van der Waals surface area (Å²) in [7, 11) is 1.61. The molecule has 1 fully saturated rings. The van der Waals surface area contributed by atoms with Crippen molar-refractivity contribution in [3.63, 3.8) is 0 Å². The molecule has 0 bridgehead atoms. The van der Waals surface area contributed by atoms with E-state index in [0.29, 0.717) is 11.6 Å². The van der Waals surface area contributed by atoms with Gasteiger partial charge in [-0.2, -0.15) is 18.7 Å². The molecular weight excluding hydrogens is 423 g/mol. The lowest BCUT2D eigenvalue weighted by Crippen LogP contribution is -2.36. The van der Waals surface area contributed by atoms with Gasteiger partial charge in [0, 0.05) is 17.4 Å². The van der Waals surface area contributed by atoms with Gasteiger partial charge in [0.25, 0.3) is 0 Å². The maximum Gasteiger partial charge on any atom is 0.405 e. The van der Waals surface area contributed by atoms with Crippen molar-refractivity contribution >= 4 is 17.4 Å². The number of fused-ring (bicyclic) bond motifs is 1. The Kier molecular flexibility index (Phi) is 6.33. The van der Waals surface area contributed by atoms with Crippen molar-refractivity contribution in [3.8, 4) is 11.3 Å². The van der Waals surface area contributed by atoms with Crippen LogP contribution in [0.15, 0.2) is 48.8 Å². The Balaban J connectivity index is 1.53. The summed E-state index contributed by atoms with van der Waals surface area (Å²) in [4.78, 5) is 21.5. The highest BCUT2D eigenvalue weighted by Crippen LogP contribution is 2.38. The molecule has 1 saturated carbocycles. The minimum absolute atomic E-state index is 0.0987. The number of amides is 2. The average Bonchev–Trinajstić information content (AvgIpc) is 3.14. The van der Waals surface area contributed by atoms with Gasteiger partial charge in [0.1, 0.15) is 12.2 Å². The molecule has 2 amide bonds. The number of rotatable bonds is 7. The van der Waals surface area contributed by atoms with E-state index in [4.69, 9.17) is 4.84 Å². The van der Waals surface area contributed by atoms with E-state index in [9.17, 15) is 18.0 Å². The normalized spacial score (nSPS) is 15.4. The lowest BCUT2D eigenvalue weighted by atomic mass is 9.77. The summed E-state index contributed by atoms with van der Waals surface area (Å²) < 4.78 is 38.8. The van der Waals surface area contributed by atoms with Crippen molar-refractivity contribution in [2.75, 3.05) is 19.0 Å². The van der Waals surface area contributed by atoms with Crippen molar-refractivity contribution in [1.82, 2.24) is 20.2 Å². The van der Waals surface area contributed by atoms with Crippen LogP contribution in [0.4, 0.5) is 23.7 Å². The zero-order valence-electron chi connectivity index (χ0n) is 17.4. The molecule has 7 nitrogen and oxygen atoms in total. The van der Waals surface area contributed by atoms with E-state index < -0.39 is 18.8 Å². The van der Waals surface area contributed by atoms with Gasteiger partial charge in [0.2, 0.25) is 0 Å². The standard InChI is InChI=1S/C22H24F3N5O2/c1-32-29-20(14-4-2-5-14)16-8-9-30-18(12-26-19(30)11-16)15-6-3-7-17(10-15)28-21(31)27-13-22(23,24)25/h3,6-12,14,20,29H,2,4-5,13H2,1H3,(H2,27,28,31). The van der Waals surface area contributed by atoms with Gasteiger partial charge in [-0.15, -0.1) is 0 Å². The minimum atomic E-state index is -4.47. The van der Waals surface area contributed by atoms with Crippen LogP contribution in [-0.2, 0) is 4.84 Å². The van der Waals surface area contributed by atoms with Gasteiger partial charge < -0.3 is 15.5 Å². The molecule has 1 aromatic carbocycles. The lowest BCUT2D eigenvalue weighted by Gasteiger charge is -2.33. The van der Waals surface area contributed by atoms with E-state index in [0.717, 1.165) is 35.3 Å². The van der Waals surface area contributed by atoms with Gasteiger partial charge in [-0.1, -0.05) is 18.6 Å². The number of halogens is 3. The number of imidazole rings is 1. The SMILES string of the molecule is CONC(c1ccn2c(-c3cccc(NC(=O)NCC(F)(F)F)c3)cnc2c1)C1CCC1. The number of pyridine rings is 1. The molecule has 2 heterocycles. The summed E-state index contributed by atoms with van der Waals surface area (Å²) in [5, 5.41) is 4.22. The van der Waals surface area contributed by atoms with E-state index in [1.165, 1.54) is 6.42 Å². The van der Waals surface area contributed by atoms with E-state index >= 15 is 0 Å². The summed E-state index contributed by atoms with van der Waals surface area (Å²) in [6.07, 6.45) is 2.73. The Morgan fingerprint density at radius 3 is 2.78 bits per heavy atom. The van der Waals surface area contributed by atoms with Crippen LogP contribution < -0.4 is 16.1 Å². The van der Waals surface area contributed by atoms with Crippen LogP contribution in [0.25, 0.3) is 16.9 Å². The third kappa shape index (κ3) is 5.03. The topological polar surface area (TPSA) is 79.7 Å². The predicted octanol–water partition coefficient (Wildman–Crippen LogP) is 4.68. The molecule has 1 atom stereocenters.